The molecule has 0 aliphatic rings. The van der Waals surface area contributed by atoms with Gasteiger partial charge < -0.3 is 14.6 Å². The number of aliphatic hydroxyl groups is 1. The monoisotopic (exact) mass is 317 g/mol. The van der Waals surface area contributed by atoms with Crippen LogP contribution in [0.5, 0.6) is 5.75 Å². The molecule has 5 nitrogen and oxygen atoms in total. The number of rotatable bonds is 4. The predicted molar refractivity (Wildman–Crippen MR) is 69.3 cm³/mol. The van der Waals surface area contributed by atoms with E-state index in [9.17, 15) is 9.90 Å². The smallest absolute Gasteiger partial charge is 0.339 e. The second kappa shape index (κ2) is 6.15. The maximum absolute atomic E-state index is 11.5. The summed E-state index contributed by atoms with van der Waals surface area (Å²) < 4.78 is 10.9. The van der Waals surface area contributed by atoms with Gasteiger partial charge in [0.2, 0.25) is 0 Å². The van der Waals surface area contributed by atoms with Gasteiger partial charge in [0.25, 0.3) is 0 Å². The number of aromatic nitrogens is 1. The van der Waals surface area contributed by atoms with Gasteiger partial charge in [0.05, 0.1) is 6.20 Å². The third kappa shape index (κ3) is 5.46. The van der Waals surface area contributed by atoms with Gasteiger partial charge in [-0.05, 0) is 48.8 Å². The molecule has 0 amide bonds. The average Bonchev–Trinajstić information content (AvgIpc) is 2.25. The lowest BCUT2D eigenvalue weighted by Gasteiger charge is -2.21. The lowest BCUT2D eigenvalue weighted by atomic mass is 10.2. The number of aliphatic hydroxyl groups excluding tert-OH is 1. The standard InChI is InChI=1S/C12H16BrNO4/c1-12(2,3)18-11(16)9(15)7-17-8-4-5-10(13)14-6-8/h4-6,9,15H,7H2,1-3H3/t9-/m1/s1. The van der Waals surface area contributed by atoms with Crippen LogP contribution in [0.4, 0.5) is 0 Å². The summed E-state index contributed by atoms with van der Waals surface area (Å²) in [6.07, 6.45) is 0.180. The van der Waals surface area contributed by atoms with Crippen molar-refractivity contribution in [1.29, 1.82) is 0 Å². The van der Waals surface area contributed by atoms with Crippen molar-refractivity contribution in [3.05, 3.63) is 22.9 Å². The zero-order valence-electron chi connectivity index (χ0n) is 10.5. The number of carbonyl (C=O) groups is 1. The van der Waals surface area contributed by atoms with Crippen LogP contribution in [-0.2, 0) is 9.53 Å². The summed E-state index contributed by atoms with van der Waals surface area (Å²) >= 11 is 3.19. The number of carbonyl (C=O) groups excluding carboxylic acids is 1. The average molecular weight is 318 g/mol. The molecule has 1 N–H and O–H groups in total. The first kappa shape index (κ1) is 14.9. The molecule has 0 unspecified atom stereocenters. The van der Waals surface area contributed by atoms with Gasteiger partial charge >= 0.3 is 5.97 Å². The van der Waals surface area contributed by atoms with Gasteiger partial charge in [-0.2, -0.15) is 0 Å². The molecule has 1 aromatic heterocycles. The van der Waals surface area contributed by atoms with Crippen molar-refractivity contribution in [1.82, 2.24) is 4.98 Å². The summed E-state index contributed by atoms with van der Waals surface area (Å²) in [6.45, 7) is 5.03. The number of pyridine rings is 1. The Balaban J connectivity index is 2.43. The summed E-state index contributed by atoms with van der Waals surface area (Å²) in [7, 11) is 0. The van der Waals surface area contributed by atoms with E-state index in [1.54, 1.807) is 32.9 Å². The van der Waals surface area contributed by atoms with Gasteiger partial charge in [-0.25, -0.2) is 9.78 Å². The molecule has 0 saturated heterocycles. The molecule has 0 saturated carbocycles. The number of nitrogens with zero attached hydrogens (tertiary/aromatic N) is 1. The van der Waals surface area contributed by atoms with Crippen molar-refractivity contribution in [3.8, 4) is 5.75 Å². The molecule has 1 atom stereocenters. The molecule has 1 aromatic rings. The first-order valence-electron chi connectivity index (χ1n) is 5.43. The van der Waals surface area contributed by atoms with Crippen molar-refractivity contribution in [2.45, 2.75) is 32.5 Å². The zero-order valence-corrected chi connectivity index (χ0v) is 12.1. The van der Waals surface area contributed by atoms with Crippen LogP contribution in [0.1, 0.15) is 20.8 Å². The van der Waals surface area contributed by atoms with E-state index >= 15 is 0 Å². The summed E-state index contributed by atoms with van der Waals surface area (Å²) in [4.78, 5) is 15.4. The molecule has 18 heavy (non-hydrogen) atoms. The third-order valence-electron chi connectivity index (χ3n) is 1.79. The van der Waals surface area contributed by atoms with E-state index in [2.05, 4.69) is 20.9 Å². The molecule has 0 fully saturated rings. The zero-order chi connectivity index (χ0) is 13.8. The van der Waals surface area contributed by atoms with E-state index in [4.69, 9.17) is 9.47 Å². The van der Waals surface area contributed by atoms with Crippen LogP contribution in [-0.4, -0.2) is 34.4 Å². The van der Waals surface area contributed by atoms with Gasteiger partial charge in [0.15, 0.2) is 6.10 Å². The molecule has 0 bridgehead atoms. The predicted octanol–water partition coefficient (Wildman–Crippen LogP) is 1.93. The number of ether oxygens (including phenoxy) is 2. The Labute approximate surface area is 114 Å². The van der Waals surface area contributed by atoms with Crippen LogP contribution in [0.15, 0.2) is 22.9 Å². The molecule has 6 heteroatoms. The number of hydrogen-bond acceptors (Lipinski definition) is 5. The summed E-state index contributed by atoms with van der Waals surface area (Å²) in [5.41, 5.74) is -0.628. The van der Waals surface area contributed by atoms with E-state index in [-0.39, 0.29) is 6.61 Å². The van der Waals surface area contributed by atoms with E-state index < -0.39 is 17.7 Å². The highest BCUT2D eigenvalue weighted by Crippen LogP contribution is 2.13. The van der Waals surface area contributed by atoms with E-state index in [0.717, 1.165) is 0 Å². The summed E-state index contributed by atoms with van der Waals surface area (Å²) in [6, 6.07) is 3.38. The van der Waals surface area contributed by atoms with Crippen molar-refractivity contribution < 1.29 is 19.4 Å². The first-order valence-corrected chi connectivity index (χ1v) is 6.22. The van der Waals surface area contributed by atoms with Crippen LogP contribution < -0.4 is 4.74 Å². The Bertz CT molecular complexity index is 400. The SMILES string of the molecule is CC(C)(C)OC(=O)[C@H](O)COc1ccc(Br)nc1. The van der Waals surface area contributed by atoms with Crippen molar-refractivity contribution in [3.63, 3.8) is 0 Å². The Morgan fingerprint density at radius 1 is 1.50 bits per heavy atom. The molecule has 0 aliphatic heterocycles. The molecular formula is C12H16BrNO4. The van der Waals surface area contributed by atoms with E-state index in [1.807, 2.05) is 0 Å². The second-order valence-electron chi connectivity index (χ2n) is 4.68. The van der Waals surface area contributed by atoms with Crippen molar-refractivity contribution in [2.75, 3.05) is 6.61 Å². The van der Waals surface area contributed by atoms with Gasteiger partial charge in [0.1, 0.15) is 22.6 Å². The number of hydrogen-bond donors (Lipinski definition) is 1. The quantitative estimate of drug-likeness (QED) is 0.678. The van der Waals surface area contributed by atoms with E-state index in [0.29, 0.717) is 10.4 Å². The fraction of sp³-hybridized carbons (Fsp3) is 0.500. The highest BCUT2D eigenvalue weighted by atomic mass is 79.9. The fourth-order valence-electron chi connectivity index (χ4n) is 1.06. The van der Waals surface area contributed by atoms with Gasteiger partial charge in [-0.15, -0.1) is 0 Å². The van der Waals surface area contributed by atoms with Crippen LogP contribution in [0, 0.1) is 0 Å². The Kier molecular flexibility index (Phi) is 5.10. The van der Waals surface area contributed by atoms with Crippen LogP contribution in [0.3, 0.4) is 0 Å². The highest BCUT2D eigenvalue weighted by Gasteiger charge is 2.23. The molecule has 0 aliphatic carbocycles. The first-order chi connectivity index (χ1) is 8.28. The molecule has 100 valence electrons. The van der Waals surface area contributed by atoms with Crippen molar-refractivity contribution >= 4 is 21.9 Å². The minimum atomic E-state index is -1.31. The summed E-state index contributed by atoms with van der Waals surface area (Å²) in [5.74, 6) is -0.228. The second-order valence-corrected chi connectivity index (χ2v) is 5.49. The Morgan fingerprint density at radius 2 is 2.17 bits per heavy atom. The Hall–Kier alpha value is -1.14. The maximum atomic E-state index is 11.5. The third-order valence-corrected chi connectivity index (χ3v) is 2.26. The summed E-state index contributed by atoms with van der Waals surface area (Å²) in [5, 5.41) is 9.57. The van der Waals surface area contributed by atoms with Crippen LogP contribution >= 0.6 is 15.9 Å². The minimum absolute atomic E-state index is 0.168. The molecule has 0 aromatic carbocycles. The maximum Gasteiger partial charge on any atom is 0.339 e. The van der Waals surface area contributed by atoms with Gasteiger partial charge in [-0.3, -0.25) is 0 Å². The fourth-order valence-corrected chi connectivity index (χ4v) is 1.30. The molecule has 0 radical (unpaired) electrons. The largest absolute Gasteiger partial charge is 0.489 e. The Morgan fingerprint density at radius 3 is 2.67 bits per heavy atom. The highest BCUT2D eigenvalue weighted by molar-refractivity contribution is 9.10. The minimum Gasteiger partial charge on any atom is -0.489 e. The molecule has 0 spiro atoms. The normalized spacial score (nSPS) is 12.9. The molecular weight excluding hydrogens is 302 g/mol. The molecule has 1 rings (SSSR count). The van der Waals surface area contributed by atoms with Crippen molar-refractivity contribution in [2.24, 2.45) is 0 Å². The lowest BCUT2D eigenvalue weighted by Crippen LogP contribution is -2.35. The van der Waals surface area contributed by atoms with Gasteiger partial charge in [0, 0.05) is 0 Å². The van der Waals surface area contributed by atoms with Crippen LogP contribution in [0.2, 0.25) is 0 Å². The topological polar surface area (TPSA) is 68.7 Å². The van der Waals surface area contributed by atoms with Crippen LogP contribution in [0.25, 0.3) is 0 Å². The molecule has 1 heterocycles. The van der Waals surface area contributed by atoms with Gasteiger partial charge in [-0.1, -0.05) is 0 Å². The number of esters is 1. The number of halogens is 1. The lowest BCUT2D eigenvalue weighted by molar-refractivity contribution is -0.166. The van der Waals surface area contributed by atoms with E-state index in [1.165, 1.54) is 6.20 Å².